The van der Waals surface area contributed by atoms with Crippen LogP contribution in [0.3, 0.4) is 0 Å². The molecule has 90 valence electrons. The molecule has 0 aromatic heterocycles. The van der Waals surface area contributed by atoms with Crippen LogP contribution in [0.15, 0.2) is 23.4 Å². The molecule has 2 rings (SSSR count). The van der Waals surface area contributed by atoms with Gasteiger partial charge in [0.25, 0.3) is 0 Å². The first kappa shape index (κ1) is 12.2. The molecule has 1 unspecified atom stereocenters. The van der Waals surface area contributed by atoms with Gasteiger partial charge in [0.2, 0.25) is 6.10 Å². The third-order valence-corrected chi connectivity index (χ3v) is 3.12. The van der Waals surface area contributed by atoms with Crippen molar-refractivity contribution in [3.63, 3.8) is 0 Å². The smallest absolute Gasteiger partial charge is 0.350 e. The number of hydrogen-bond donors (Lipinski definition) is 0. The van der Waals surface area contributed by atoms with Gasteiger partial charge in [-0.2, -0.15) is 0 Å². The highest BCUT2D eigenvalue weighted by molar-refractivity contribution is 6.42. The summed E-state index contributed by atoms with van der Waals surface area (Å²) in [5, 5.41) is 4.75. The summed E-state index contributed by atoms with van der Waals surface area (Å²) < 4.78 is 4.58. The minimum atomic E-state index is -0.676. The highest BCUT2D eigenvalue weighted by Gasteiger charge is 2.29. The number of benzene rings is 1. The summed E-state index contributed by atoms with van der Waals surface area (Å²) in [6, 6.07) is 5.13. The molecule has 17 heavy (non-hydrogen) atoms. The molecule has 1 aliphatic heterocycles. The number of oxime groups is 1. The first-order valence-electron chi connectivity index (χ1n) is 4.87. The fraction of sp³-hybridized carbons (Fsp3) is 0.273. The Kier molecular flexibility index (Phi) is 3.54. The molecule has 4 nitrogen and oxygen atoms in total. The number of nitrogens with zero attached hydrogens (tertiary/aromatic N) is 1. The molecule has 1 aromatic carbocycles. The molecule has 0 saturated carbocycles. The molecule has 0 aliphatic carbocycles. The van der Waals surface area contributed by atoms with Crippen molar-refractivity contribution in [2.24, 2.45) is 5.16 Å². The predicted octanol–water partition coefficient (Wildman–Crippen LogP) is 2.66. The van der Waals surface area contributed by atoms with Crippen molar-refractivity contribution < 1.29 is 14.4 Å². The molecular weight excluding hydrogens is 265 g/mol. The van der Waals surface area contributed by atoms with Crippen LogP contribution in [-0.4, -0.2) is 24.9 Å². The summed E-state index contributed by atoms with van der Waals surface area (Å²) in [6.07, 6.45) is -0.311. The Balaban J connectivity index is 2.15. The SMILES string of the molecule is COC(=O)C1CC(c2ccc(Cl)c(Cl)c2)=NO1. The summed E-state index contributed by atoms with van der Waals surface area (Å²) in [5.74, 6) is -0.441. The monoisotopic (exact) mass is 273 g/mol. The second-order valence-electron chi connectivity index (χ2n) is 3.49. The van der Waals surface area contributed by atoms with Crippen molar-refractivity contribution in [1.29, 1.82) is 0 Å². The quantitative estimate of drug-likeness (QED) is 0.779. The Labute approximate surface area is 108 Å². The van der Waals surface area contributed by atoms with Gasteiger partial charge < -0.3 is 9.57 Å². The number of methoxy groups -OCH3 is 1. The highest BCUT2D eigenvalue weighted by atomic mass is 35.5. The predicted molar refractivity (Wildman–Crippen MR) is 64.5 cm³/mol. The number of carbonyl (C=O) groups is 1. The second kappa shape index (κ2) is 4.94. The van der Waals surface area contributed by atoms with Crippen molar-refractivity contribution in [3.05, 3.63) is 33.8 Å². The minimum Gasteiger partial charge on any atom is -0.466 e. The minimum absolute atomic E-state index is 0.366. The molecule has 0 saturated heterocycles. The second-order valence-corrected chi connectivity index (χ2v) is 4.30. The molecule has 0 spiro atoms. The van der Waals surface area contributed by atoms with Crippen molar-refractivity contribution in [3.8, 4) is 0 Å². The molecule has 1 aromatic rings. The summed E-state index contributed by atoms with van der Waals surface area (Å²) in [7, 11) is 1.31. The van der Waals surface area contributed by atoms with Crippen LogP contribution < -0.4 is 0 Å². The van der Waals surface area contributed by atoms with Gasteiger partial charge in [0, 0.05) is 12.0 Å². The van der Waals surface area contributed by atoms with E-state index in [1.807, 2.05) is 0 Å². The maximum atomic E-state index is 11.2. The van der Waals surface area contributed by atoms with Crippen LogP contribution in [0, 0.1) is 0 Å². The average Bonchev–Trinajstić information content (AvgIpc) is 2.81. The lowest BCUT2D eigenvalue weighted by atomic mass is 10.1. The summed E-state index contributed by atoms with van der Waals surface area (Å²) in [6.45, 7) is 0. The first-order valence-corrected chi connectivity index (χ1v) is 5.63. The van der Waals surface area contributed by atoms with Gasteiger partial charge in [0.15, 0.2) is 0 Å². The van der Waals surface area contributed by atoms with Crippen molar-refractivity contribution in [2.45, 2.75) is 12.5 Å². The summed E-state index contributed by atoms with van der Waals surface area (Å²) in [4.78, 5) is 16.2. The average molecular weight is 274 g/mol. The number of halogens is 2. The van der Waals surface area contributed by atoms with Crippen LogP contribution in [-0.2, 0) is 14.4 Å². The van der Waals surface area contributed by atoms with E-state index in [2.05, 4.69) is 9.89 Å². The summed E-state index contributed by atoms with van der Waals surface area (Å²) in [5.41, 5.74) is 1.43. The van der Waals surface area contributed by atoms with Gasteiger partial charge in [-0.05, 0) is 12.1 Å². The van der Waals surface area contributed by atoms with Gasteiger partial charge in [-0.15, -0.1) is 0 Å². The molecule has 6 heteroatoms. The highest BCUT2D eigenvalue weighted by Crippen LogP contribution is 2.25. The van der Waals surface area contributed by atoms with Gasteiger partial charge in [-0.25, -0.2) is 4.79 Å². The lowest BCUT2D eigenvalue weighted by Gasteiger charge is -2.04. The Morgan fingerprint density at radius 2 is 2.24 bits per heavy atom. The number of carbonyl (C=O) groups excluding carboxylic acids is 1. The molecule has 0 N–H and O–H groups in total. The van der Waals surface area contributed by atoms with Crippen molar-refractivity contribution in [2.75, 3.05) is 7.11 Å². The zero-order chi connectivity index (χ0) is 12.4. The normalized spacial score (nSPS) is 18.5. The maximum absolute atomic E-state index is 11.2. The van der Waals surface area contributed by atoms with Crippen molar-refractivity contribution >= 4 is 34.9 Å². The molecule has 0 fully saturated rings. The van der Waals surface area contributed by atoms with E-state index in [0.717, 1.165) is 5.56 Å². The van der Waals surface area contributed by atoms with E-state index in [1.165, 1.54) is 7.11 Å². The standard InChI is InChI=1S/C11H9Cl2NO3/c1-16-11(15)10-5-9(14-17-10)6-2-3-7(12)8(13)4-6/h2-4,10H,5H2,1H3. The molecule has 0 radical (unpaired) electrons. The Bertz CT molecular complexity index is 488. The molecule has 0 bridgehead atoms. The van der Waals surface area contributed by atoms with Gasteiger partial charge in [-0.1, -0.05) is 34.4 Å². The van der Waals surface area contributed by atoms with E-state index >= 15 is 0 Å². The van der Waals surface area contributed by atoms with E-state index < -0.39 is 12.1 Å². The van der Waals surface area contributed by atoms with Crippen molar-refractivity contribution in [1.82, 2.24) is 0 Å². The number of ether oxygens (including phenoxy) is 1. The van der Waals surface area contributed by atoms with Crippen LogP contribution in [0.5, 0.6) is 0 Å². The Morgan fingerprint density at radius 3 is 2.88 bits per heavy atom. The van der Waals surface area contributed by atoms with Gasteiger partial charge in [0.05, 0.1) is 22.9 Å². The van der Waals surface area contributed by atoms with E-state index in [4.69, 9.17) is 28.0 Å². The molecule has 1 aliphatic rings. The fourth-order valence-electron chi connectivity index (χ4n) is 1.48. The van der Waals surface area contributed by atoms with Crippen LogP contribution in [0.2, 0.25) is 10.0 Å². The molecule has 1 heterocycles. The number of esters is 1. The van der Waals surface area contributed by atoms with Crippen LogP contribution in [0.25, 0.3) is 0 Å². The van der Waals surface area contributed by atoms with E-state index in [1.54, 1.807) is 18.2 Å². The lowest BCUT2D eigenvalue weighted by molar-refractivity contribution is -0.152. The van der Waals surface area contributed by atoms with Crippen LogP contribution >= 0.6 is 23.2 Å². The van der Waals surface area contributed by atoms with Gasteiger partial charge in [-0.3, -0.25) is 0 Å². The van der Waals surface area contributed by atoms with Gasteiger partial charge >= 0.3 is 5.97 Å². The van der Waals surface area contributed by atoms with Crippen LogP contribution in [0.4, 0.5) is 0 Å². The zero-order valence-electron chi connectivity index (χ0n) is 8.94. The lowest BCUT2D eigenvalue weighted by Crippen LogP contribution is -2.22. The van der Waals surface area contributed by atoms with Gasteiger partial charge in [0.1, 0.15) is 0 Å². The zero-order valence-corrected chi connectivity index (χ0v) is 10.5. The largest absolute Gasteiger partial charge is 0.466 e. The maximum Gasteiger partial charge on any atom is 0.350 e. The van der Waals surface area contributed by atoms with E-state index in [0.29, 0.717) is 22.2 Å². The van der Waals surface area contributed by atoms with E-state index in [9.17, 15) is 4.79 Å². The Hall–Kier alpha value is -1.26. The fourth-order valence-corrected chi connectivity index (χ4v) is 1.78. The third kappa shape index (κ3) is 2.53. The third-order valence-electron chi connectivity index (χ3n) is 2.39. The summed E-state index contributed by atoms with van der Waals surface area (Å²) >= 11 is 11.7. The Morgan fingerprint density at radius 1 is 1.47 bits per heavy atom. The first-order chi connectivity index (χ1) is 8.11. The number of rotatable bonds is 2. The molecule has 1 atom stereocenters. The topological polar surface area (TPSA) is 47.9 Å². The number of hydrogen-bond acceptors (Lipinski definition) is 4. The van der Waals surface area contributed by atoms with E-state index in [-0.39, 0.29) is 0 Å². The molecule has 0 amide bonds. The van der Waals surface area contributed by atoms with Crippen LogP contribution in [0.1, 0.15) is 12.0 Å². The molecular formula is C11H9Cl2NO3.